The maximum Gasteiger partial charge on any atom is 0.0426 e. The van der Waals surface area contributed by atoms with Crippen LogP contribution < -0.4 is 0 Å². The number of benzene rings is 1. The molecule has 120 valence electrons. The predicted octanol–water partition coefficient (Wildman–Crippen LogP) is 6.45. The van der Waals surface area contributed by atoms with E-state index in [4.69, 9.17) is 0 Å². The molecule has 2 aliphatic carbocycles. The van der Waals surface area contributed by atoms with E-state index in [-0.39, 0.29) is 0 Å². The Kier molecular flexibility index (Phi) is 3.53. The average Bonchev–Trinajstić information content (AvgIpc) is 3.08. The molecular formula is C22H26S. The lowest BCUT2D eigenvalue weighted by Gasteiger charge is -2.30. The second kappa shape index (κ2) is 5.34. The van der Waals surface area contributed by atoms with Crippen LogP contribution in [0.25, 0.3) is 16.0 Å². The molecule has 0 saturated carbocycles. The van der Waals surface area contributed by atoms with E-state index in [2.05, 4.69) is 45.5 Å². The number of hydrogen-bond acceptors (Lipinski definition) is 1. The molecule has 4 rings (SSSR count). The van der Waals surface area contributed by atoms with Crippen molar-refractivity contribution in [3.05, 3.63) is 51.9 Å². The summed E-state index contributed by atoms with van der Waals surface area (Å²) in [6.07, 6.45) is 7.56. The topological polar surface area (TPSA) is 0 Å². The van der Waals surface area contributed by atoms with Crippen molar-refractivity contribution in [1.29, 1.82) is 0 Å². The van der Waals surface area contributed by atoms with Gasteiger partial charge in [0, 0.05) is 9.75 Å². The zero-order valence-corrected chi connectivity index (χ0v) is 15.4. The highest BCUT2D eigenvalue weighted by molar-refractivity contribution is 7.16. The summed E-state index contributed by atoms with van der Waals surface area (Å²) in [4.78, 5) is 3.12. The van der Waals surface area contributed by atoms with Gasteiger partial charge in [-0.15, -0.1) is 11.3 Å². The second-order valence-electron chi connectivity index (χ2n) is 8.13. The first kappa shape index (κ1) is 15.2. The van der Waals surface area contributed by atoms with Gasteiger partial charge in [0.2, 0.25) is 0 Å². The van der Waals surface area contributed by atoms with Crippen LogP contribution in [0.1, 0.15) is 60.7 Å². The second-order valence-corrected chi connectivity index (χ2v) is 9.23. The van der Waals surface area contributed by atoms with Gasteiger partial charge >= 0.3 is 0 Å². The van der Waals surface area contributed by atoms with Crippen molar-refractivity contribution in [3.8, 4) is 10.4 Å². The first-order valence-electron chi connectivity index (χ1n) is 8.88. The predicted molar refractivity (Wildman–Crippen MR) is 102 cm³/mol. The van der Waals surface area contributed by atoms with E-state index < -0.39 is 0 Å². The summed E-state index contributed by atoms with van der Waals surface area (Å²) >= 11 is 2.05. The fourth-order valence-corrected chi connectivity index (χ4v) is 5.84. The molecule has 2 aromatic rings. The Morgan fingerprint density at radius 2 is 1.96 bits per heavy atom. The number of aryl methyl sites for hydroxylation is 2. The standard InChI is InChI=1S/C22H26S/c1-14(2)20-18-13-22(3,4)12-11-19(18)23-21(20)17-10-6-8-15-7-5-9-16(15)17/h6,8,10H,1,5,7,9,11-13H2,2-4H3. The van der Waals surface area contributed by atoms with E-state index in [1.165, 1.54) is 60.1 Å². The molecule has 0 nitrogen and oxygen atoms in total. The normalized spacial score (nSPS) is 18.6. The van der Waals surface area contributed by atoms with Gasteiger partial charge in [-0.3, -0.25) is 0 Å². The van der Waals surface area contributed by atoms with Gasteiger partial charge in [-0.2, -0.15) is 0 Å². The van der Waals surface area contributed by atoms with Gasteiger partial charge in [-0.1, -0.05) is 38.6 Å². The number of allylic oxidation sites excluding steroid dienone is 1. The fourth-order valence-electron chi connectivity index (χ4n) is 4.39. The Labute approximate surface area is 144 Å². The highest BCUT2D eigenvalue weighted by Crippen LogP contribution is 2.48. The van der Waals surface area contributed by atoms with E-state index in [0.29, 0.717) is 5.41 Å². The van der Waals surface area contributed by atoms with Crippen LogP contribution in [0.4, 0.5) is 0 Å². The van der Waals surface area contributed by atoms with E-state index in [1.54, 1.807) is 21.6 Å². The molecule has 1 aromatic carbocycles. The monoisotopic (exact) mass is 322 g/mol. The lowest BCUT2D eigenvalue weighted by Crippen LogP contribution is -2.21. The molecule has 23 heavy (non-hydrogen) atoms. The van der Waals surface area contributed by atoms with Crippen LogP contribution >= 0.6 is 11.3 Å². The Morgan fingerprint density at radius 3 is 2.74 bits per heavy atom. The Bertz CT molecular complexity index is 789. The average molecular weight is 323 g/mol. The van der Waals surface area contributed by atoms with Gasteiger partial charge < -0.3 is 0 Å². The summed E-state index contributed by atoms with van der Waals surface area (Å²) in [6.45, 7) is 11.4. The minimum Gasteiger partial charge on any atom is -0.139 e. The summed E-state index contributed by atoms with van der Waals surface area (Å²) in [5.41, 5.74) is 9.41. The minimum atomic E-state index is 0.425. The maximum absolute atomic E-state index is 4.34. The van der Waals surface area contributed by atoms with Gasteiger partial charge in [0.25, 0.3) is 0 Å². The summed E-state index contributed by atoms with van der Waals surface area (Å²) in [7, 11) is 0. The summed E-state index contributed by atoms with van der Waals surface area (Å²) in [6, 6.07) is 6.92. The zero-order valence-electron chi connectivity index (χ0n) is 14.6. The van der Waals surface area contributed by atoms with Crippen LogP contribution in [-0.2, 0) is 25.7 Å². The smallest absolute Gasteiger partial charge is 0.0426 e. The molecule has 1 heteroatoms. The first-order chi connectivity index (χ1) is 11.0. The van der Waals surface area contributed by atoms with Crippen molar-refractivity contribution in [2.75, 3.05) is 0 Å². The Hall–Kier alpha value is -1.34. The maximum atomic E-state index is 4.34. The number of thiophene rings is 1. The molecule has 0 atom stereocenters. The Morgan fingerprint density at radius 1 is 1.13 bits per heavy atom. The molecule has 0 unspecified atom stereocenters. The van der Waals surface area contributed by atoms with Crippen LogP contribution in [0.15, 0.2) is 24.8 Å². The molecule has 0 amide bonds. The third kappa shape index (κ3) is 2.50. The van der Waals surface area contributed by atoms with Crippen LogP contribution in [0, 0.1) is 5.41 Å². The quantitative estimate of drug-likeness (QED) is 0.596. The van der Waals surface area contributed by atoms with Crippen LogP contribution in [0.3, 0.4) is 0 Å². The molecule has 0 fully saturated rings. The lowest BCUT2D eigenvalue weighted by atomic mass is 9.75. The van der Waals surface area contributed by atoms with Crippen molar-refractivity contribution in [3.63, 3.8) is 0 Å². The van der Waals surface area contributed by atoms with Crippen molar-refractivity contribution in [1.82, 2.24) is 0 Å². The van der Waals surface area contributed by atoms with E-state index in [0.717, 1.165) is 0 Å². The molecule has 0 N–H and O–H groups in total. The molecular weight excluding hydrogens is 296 g/mol. The highest BCUT2D eigenvalue weighted by atomic mass is 32.1. The van der Waals surface area contributed by atoms with Gasteiger partial charge in [-0.05, 0) is 84.3 Å². The van der Waals surface area contributed by atoms with Crippen LogP contribution in [0.5, 0.6) is 0 Å². The molecule has 1 aromatic heterocycles. The summed E-state index contributed by atoms with van der Waals surface area (Å²) in [5.74, 6) is 0. The first-order valence-corrected chi connectivity index (χ1v) is 9.69. The molecule has 0 aliphatic heterocycles. The number of rotatable bonds is 2. The fraction of sp³-hybridized carbons (Fsp3) is 0.455. The largest absolute Gasteiger partial charge is 0.139 e. The molecule has 1 heterocycles. The van der Waals surface area contributed by atoms with Gasteiger partial charge in [-0.25, -0.2) is 0 Å². The summed E-state index contributed by atoms with van der Waals surface area (Å²) in [5, 5.41) is 0. The molecule has 0 bridgehead atoms. The van der Waals surface area contributed by atoms with E-state index in [1.807, 2.05) is 11.3 Å². The zero-order chi connectivity index (χ0) is 16.2. The van der Waals surface area contributed by atoms with Crippen molar-refractivity contribution >= 4 is 16.9 Å². The van der Waals surface area contributed by atoms with Crippen molar-refractivity contribution in [2.24, 2.45) is 5.41 Å². The molecule has 0 radical (unpaired) electrons. The minimum absolute atomic E-state index is 0.425. The van der Waals surface area contributed by atoms with Gasteiger partial charge in [0.1, 0.15) is 0 Å². The van der Waals surface area contributed by atoms with Crippen molar-refractivity contribution in [2.45, 2.75) is 59.3 Å². The van der Waals surface area contributed by atoms with Crippen LogP contribution in [0.2, 0.25) is 0 Å². The highest BCUT2D eigenvalue weighted by Gasteiger charge is 2.31. The van der Waals surface area contributed by atoms with Crippen LogP contribution in [-0.4, -0.2) is 0 Å². The Balaban J connectivity index is 1.93. The van der Waals surface area contributed by atoms with Gasteiger partial charge in [0.15, 0.2) is 0 Å². The molecule has 0 spiro atoms. The van der Waals surface area contributed by atoms with E-state index >= 15 is 0 Å². The number of fused-ring (bicyclic) bond motifs is 2. The third-order valence-corrected chi connectivity index (χ3v) is 6.92. The molecule has 0 saturated heterocycles. The van der Waals surface area contributed by atoms with Gasteiger partial charge in [0.05, 0.1) is 0 Å². The van der Waals surface area contributed by atoms with E-state index in [9.17, 15) is 0 Å². The lowest BCUT2D eigenvalue weighted by molar-refractivity contribution is 0.317. The molecule has 2 aliphatic rings. The van der Waals surface area contributed by atoms with Crippen molar-refractivity contribution < 1.29 is 0 Å². The summed E-state index contributed by atoms with van der Waals surface area (Å²) < 4.78 is 0. The SMILES string of the molecule is C=C(C)c1c(-c2cccc3c2CCC3)sc2c1CC(C)(C)CC2. The third-order valence-electron chi connectivity index (χ3n) is 5.59. The number of hydrogen-bond donors (Lipinski definition) is 0.